The molecule has 136 valence electrons. The van der Waals surface area contributed by atoms with E-state index in [0.29, 0.717) is 6.42 Å². The van der Waals surface area contributed by atoms with Gasteiger partial charge in [0.1, 0.15) is 6.29 Å². The van der Waals surface area contributed by atoms with Gasteiger partial charge in [0.25, 0.3) is 0 Å². The molecule has 0 saturated heterocycles. The third kappa shape index (κ3) is 19.1. The molecule has 23 heavy (non-hydrogen) atoms. The Labute approximate surface area is 144 Å². The first-order valence-corrected chi connectivity index (χ1v) is 10.0. The second-order valence-corrected chi connectivity index (χ2v) is 6.67. The van der Waals surface area contributed by atoms with Crippen molar-refractivity contribution in [1.82, 2.24) is 5.32 Å². The van der Waals surface area contributed by atoms with Crippen LogP contribution in [-0.4, -0.2) is 18.7 Å². The van der Waals surface area contributed by atoms with E-state index in [1.54, 1.807) is 0 Å². The first kappa shape index (κ1) is 22.1. The number of carbonyl (C=O) groups is 2. The van der Waals surface area contributed by atoms with Crippen molar-refractivity contribution in [2.75, 3.05) is 6.54 Å². The average molecular weight is 326 g/mol. The van der Waals surface area contributed by atoms with Crippen LogP contribution in [0.5, 0.6) is 0 Å². The molecule has 0 aromatic rings. The number of hydrogen-bond acceptors (Lipinski definition) is 2. The summed E-state index contributed by atoms with van der Waals surface area (Å²) in [6.07, 6.45) is 21.3. The Kier molecular flexibility index (Phi) is 18.5. The van der Waals surface area contributed by atoms with E-state index in [1.165, 1.54) is 83.5 Å². The van der Waals surface area contributed by atoms with E-state index in [-0.39, 0.29) is 12.5 Å². The van der Waals surface area contributed by atoms with Crippen molar-refractivity contribution in [1.29, 1.82) is 0 Å². The summed E-state index contributed by atoms with van der Waals surface area (Å²) in [6.45, 7) is 2.42. The second-order valence-electron chi connectivity index (χ2n) is 6.67. The predicted octanol–water partition coefficient (Wildman–Crippen LogP) is 5.56. The monoisotopic (exact) mass is 325 g/mol. The second kappa shape index (κ2) is 19.2. The van der Waals surface area contributed by atoms with Crippen LogP contribution < -0.4 is 5.32 Å². The lowest BCUT2D eigenvalue weighted by atomic mass is 10.0. The van der Waals surface area contributed by atoms with Crippen molar-refractivity contribution in [2.45, 2.75) is 110 Å². The zero-order valence-corrected chi connectivity index (χ0v) is 15.4. The first-order chi connectivity index (χ1) is 11.3. The normalized spacial score (nSPS) is 10.7. The molecule has 0 spiro atoms. The van der Waals surface area contributed by atoms with E-state index < -0.39 is 0 Å². The van der Waals surface area contributed by atoms with Gasteiger partial charge in [0.15, 0.2) is 0 Å². The molecule has 0 aliphatic heterocycles. The highest BCUT2D eigenvalue weighted by Gasteiger charge is 1.99. The van der Waals surface area contributed by atoms with Crippen molar-refractivity contribution in [3.05, 3.63) is 0 Å². The number of rotatable bonds is 18. The van der Waals surface area contributed by atoms with Crippen LogP contribution in [0.15, 0.2) is 0 Å². The Hall–Kier alpha value is -0.860. The van der Waals surface area contributed by atoms with Crippen molar-refractivity contribution >= 4 is 12.2 Å². The quantitative estimate of drug-likeness (QED) is 0.265. The van der Waals surface area contributed by atoms with Gasteiger partial charge in [-0.25, -0.2) is 0 Å². The van der Waals surface area contributed by atoms with Gasteiger partial charge >= 0.3 is 0 Å². The van der Waals surface area contributed by atoms with Gasteiger partial charge in [-0.2, -0.15) is 0 Å². The van der Waals surface area contributed by atoms with E-state index in [9.17, 15) is 9.59 Å². The molecular weight excluding hydrogens is 286 g/mol. The van der Waals surface area contributed by atoms with E-state index in [2.05, 4.69) is 12.2 Å². The van der Waals surface area contributed by atoms with Crippen molar-refractivity contribution < 1.29 is 9.59 Å². The topological polar surface area (TPSA) is 46.2 Å². The molecule has 0 heterocycles. The summed E-state index contributed by atoms with van der Waals surface area (Å²) in [6, 6.07) is 0. The summed E-state index contributed by atoms with van der Waals surface area (Å²) < 4.78 is 0. The van der Waals surface area contributed by atoms with Crippen molar-refractivity contribution in [3.8, 4) is 0 Å². The molecule has 3 nitrogen and oxygen atoms in total. The van der Waals surface area contributed by atoms with Crippen LogP contribution in [0.3, 0.4) is 0 Å². The minimum Gasteiger partial charge on any atom is -0.349 e. The van der Waals surface area contributed by atoms with Gasteiger partial charge in [-0.05, 0) is 6.42 Å². The van der Waals surface area contributed by atoms with Gasteiger partial charge in [0.2, 0.25) is 5.91 Å². The lowest BCUT2D eigenvalue weighted by molar-refractivity contribution is -0.122. The molecule has 0 rings (SSSR count). The standard InChI is InChI=1S/C20H39NO2/c1-2-3-4-5-6-7-8-9-10-11-12-13-14-15-16-17-20(23)21-18-19-22/h19H,2-18H2,1H3,(H,21,23). The van der Waals surface area contributed by atoms with E-state index in [1.807, 2.05) is 0 Å². The molecule has 0 bridgehead atoms. The molecule has 0 radical (unpaired) electrons. The van der Waals surface area contributed by atoms with Gasteiger partial charge < -0.3 is 10.1 Å². The highest BCUT2D eigenvalue weighted by molar-refractivity contribution is 5.78. The molecule has 0 unspecified atom stereocenters. The fraction of sp³-hybridized carbons (Fsp3) is 0.900. The van der Waals surface area contributed by atoms with Gasteiger partial charge in [-0.1, -0.05) is 96.8 Å². The summed E-state index contributed by atoms with van der Waals surface area (Å²) >= 11 is 0. The Balaban J connectivity index is 3.05. The summed E-state index contributed by atoms with van der Waals surface area (Å²) in [5, 5.41) is 2.57. The van der Waals surface area contributed by atoms with E-state index in [0.717, 1.165) is 19.1 Å². The fourth-order valence-electron chi connectivity index (χ4n) is 2.90. The zero-order valence-electron chi connectivity index (χ0n) is 15.4. The molecule has 0 aliphatic rings. The minimum atomic E-state index is 0.00629. The Morgan fingerprint density at radius 2 is 1.09 bits per heavy atom. The van der Waals surface area contributed by atoms with E-state index in [4.69, 9.17) is 0 Å². The lowest BCUT2D eigenvalue weighted by Gasteiger charge is -2.03. The average Bonchev–Trinajstić information content (AvgIpc) is 2.56. The summed E-state index contributed by atoms with van der Waals surface area (Å²) in [4.78, 5) is 21.4. The summed E-state index contributed by atoms with van der Waals surface area (Å²) in [7, 11) is 0. The highest BCUT2D eigenvalue weighted by Crippen LogP contribution is 2.13. The van der Waals surface area contributed by atoms with Gasteiger partial charge in [0, 0.05) is 6.42 Å². The summed E-state index contributed by atoms with van der Waals surface area (Å²) in [5.74, 6) is 0.00629. The van der Waals surface area contributed by atoms with Crippen LogP contribution in [0.25, 0.3) is 0 Å². The number of aldehydes is 1. The SMILES string of the molecule is CCCCCCCCCCCCCCCCCC(=O)NCC=O. The molecule has 0 atom stereocenters. The Morgan fingerprint density at radius 3 is 1.48 bits per heavy atom. The van der Waals surface area contributed by atoms with Crippen LogP contribution in [-0.2, 0) is 9.59 Å². The Bertz CT molecular complexity index is 266. The molecule has 1 N–H and O–H groups in total. The van der Waals surface area contributed by atoms with Crippen LogP contribution in [0, 0.1) is 0 Å². The Morgan fingerprint density at radius 1 is 0.696 bits per heavy atom. The first-order valence-electron chi connectivity index (χ1n) is 10.0. The number of carbonyl (C=O) groups excluding carboxylic acids is 2. The molecule has 0 saturated carbocycles. The van der Waals surface area contributed by atoms with Crippen molar-refractivity contribution in [2.24, 2.45) is 0 Å². The highest BCUT2D eigenvalue weighted by atomic mass is 16.2. The van der Waals surface area contributed by atoms with Crippen LogP contribution in [0.4, 0.5) is 0 Å². The molecule has 3 heteroatoms. The maximum Gasteiger partial charge on any atom is 0.220 e. The molecule has 0 fully saturated rings. The number of hydrogen-bond donors (Lipinski definition) is 1. The summed E-state index contributed by atoms with van der Waals surface area (Å²) in [5.41, 5.74) is 0. The van der Waals surface area contributed by atoms with Crippen molar-refractivity contribution in [3.63, 3.8) is 0 Å². The van der Waals surface area contributed by atoms with Gasteiger partial charge in [0.05, 0.1) is 6.54 Å². The molecular formula is C20H39NO2. The predicted molar refractivity (Wildman–Crippen MR) is 98.6 cm³/mol. The van der Waals surface area contributed by atoms with Gasteiger partial charge in [-0.15, -0.1) is 0 Å². The van der Waals surface area contributed by atoms with Gasteiger partial charge in [-0.3, -0.25) is 4.79 Å². The zero-order chi connectivity index (χ0) is 17.0. The maximum absolute atomic E-state index is 11.3. The fourth-order valence-corrected chi connectivity index (χ4v) is 2.90. The molecule has 0 aromatic carbocycles. The van der Waals surface area contributed by atoms with Crippen LogP contribution in [0.1, 0.15) is 110 Å². The lowest BCUT2D eigenvalue weighted by Crippen LogP contribution is -2.24. The smallest absolute Gasteiger partial charge is 0.220 e. The molecule has 0 aliphatic carbocycles. The van der Waals surface area contributed by atoms with Crippen LogP contribution >= 0.6 is 0 Å². The van der Waals surface area contributed by atoms with E-state index >= 15 is 0 Å². The largest absolute Gasteiger partial charge is 0.349 e. The molecule has 0 aromatic heterocycles. The van der Waals surface area contributed by atoms with Crippen LogP contribution in [0.2, 0.25) is 0 Å². The third-order valence-corrected chi connectivity index (χ3v) is 4.39. The number of amides is 1. The number of unbranched alkanes of at least 4 members (excludes halogenated alkanes) is 14. The number of nitrogens with one attached hydrogen (secondary N) is 1. The maximum atomic E-state index is 11.3. The minimum absolute atomic E-state index is 0.00629. The molecule has 1 amide bonds. The third-order valence-electron chi connectivity index (χ3n) is 4.39.